The highest BCUT2D eigenvalue weighted by molar-refractivity contribution is 5.96. The molecule has 0 bridgehead atoms. The van der Waals surface area contributed by atoms with Crippen LogP contribution in [0, 0.1) is 16.7 Å². The molecule has 0 unspecified atom stereocenters. The number of aromatic carboxylic acids is 1. The smallest absolute Gasteiger partial charge is 0.356 e. The molecule has 0 aliphatic rings. The number of rotatable bonds is 4. The summed E-state index contributed by atoms with van der Waals surface area (Å²) in [6.07, 6.45) is 0. The number of hydrogen-bond acceptors (Lipinski definition) is 5. The van der Waals surface area contributed by atoms with Gasteiger partial charge in [0.1, 0.15) is 17.5 Å². The van der Waals surface area contributed by atoms with Gasteiger partial charge in [-0.1, -0.05) is 20.8 Å². The number of hydrogen-bond donors (Lipinski definition) is 2. The molecule has 7 heteroatoms. The van der Waals surface area contributed by atoms with Crippen LogP contribution in [-0.2, 0) is 7.05 Å². The summed E-state index contributed by atoms with van der Waals surface area (Å²) in [4.78, 5) is 11.2. The number of nitrogens with zero attached hydrogens (tertiary/aromatic N) is 3. The molecule has 1 aromatic heterocycles. The number of carboxylic acids is 1. The quantitative estimate of drug-likeness (QED) is 0.891. The van der Waals surface area contributed by atoms with Crippen molar-refractivity contribution in [3.63, 3.8) is 0 Å². The molecule has 24 heavy (non-hydrogen) atoms. The molecule has 3 N–H and O–H groups in total. The van der Waals surface area contributed by atoms with E-state index in [4.69, 9.17) is 10.5 Å². The van der Waals surface area contributed by atoms with Crippen molar-refractivity contribution in [2.24, 2.45) is 12.5 Å². The predicted octanol–water partition coefficient (Wildman–Crippen LogP) is 2.66. The summed E-state index contributed by atoms with van der Waals surface area (Å²) in [5, 5.41) is 22.7. The predicted molar refractivity (Wildman–Crippen MR) is 89.7 cm³/mol. The second-order valence-electron chi connectivity index (χ2n) is 6.71. The summed E-state index contributed by atoms with van der Waals surface area (Å²) in [5.41, 5.74) is 7.09. The number of nitrogen functional groups attached to an aromatic ring is 1. The number of aromatic nitrogens is 2. The number of carboxylic acid groups (broad SMARTS) is 1. The summed E-state index contributed by atoms with van der Waals surface area (Å²) in [6, 6.07) is 7.07. The third-order valence-corrected chi connectivity index (χ3v) is 3.32. The molecule has 0 amide bonds. The lowest BCUT2D eigenvalue weighted by Crippen LogP contribution is -2.17. The van der Waals surface area contributed by atoms with Crippen molar-refractivity contribution in [1.82, 2.24) is 9.78 Å². The van der Waals surface area contributed by atoms with Gasteiger partial charge in [-0.25, -0.2) is 4.79 Å². The lowest BCUT2D eigenvalue weighted by Gasteiger charge is -2.19. The highest BCUT2D eigenvalue weighted by Gasteiger charge is 2.21. The Morgan fingerprint density at radius 2 is 2.12 bits per heavy atom. The number of anilines is 1. The van der Waals surface area contributed by atoms with Crippen molar-refractivity contribution in [2.45, 2.75) is 20.8 Å². The standard InChI is InChI=1S/C17H20N4O3/c1-17(2,3)9-24-12-6-5-10(7-11(12)8-18)14-13(19)15(16(22)23)21(4)20-14/h5-7H,9,19H2,1-4H3,(H,22,23). The normalized spacial score (nSPS) is 11.1. The molecule has 2 rings (SSSR count). The largest absolute Gasteiger partial charge is 0.492 e. The van der Waals surface area contributed by atoms with Crippen molar-refractivity contribution in [1.29, 1.82) is 5.26 Å². The first-order chi connectivity index (χ1) is 11.1. The molecular formula is C17H20N4O3. The number of nitrogens with two attached hydrogens (primary N) is 1. The lowest BCUT2D eigenvalue weighted by atomic mass is 9.98. The van der Waals surface area contributed by atoms with Gasteiger partial charge in [0.15, 0.2) is 5.69 Å². The Bertz CT molecular complexity index is 826. The van der Waals surface area contributed by atoms with Crippen molar-refractivity contribution >= 4 is 11.7 Å². The number of benzene rings is 1. The Morgan fingerprint density at radius 3 is 2.62 bits per heavy atom. The van der Waals surface area contributed by atoms with E-state index in [1.54, 1.807) is 18.2 Å². The third kappa shape index (κ3) is 3.49. The Kier molecular flexibility index (Phi) is 4.51. The monoisotopic (exact) mass is 328 g/mol. The van der Waals surface area contributed by atoms with E-state index in [0.717, 1.165) is 0 Å². The summed E-state index contributed by atoms with van der Waals surface area (Å²) >= 11 is 0. The highest BCUT2D eigenvalue weighted by Crippen LogP contribution is 2.31. The van der Waals surface area contributed by atoms with Gasteiger partial charge in [0.2, 0.25) is 0 Å². The molecule has 0 saturated carbocycles. The van der Waals surface area contributed by atoms with Crippen LogP contribution < -0.4 is 10.5 Å². The van der Waals surface area contributed by atoms with Crippen LogP contribution in [0.15, 0.2) is 18.2 Å². The van der Waals surface area contributed by atoms with Crippen LogP contribution in [0.1, 0.15) is 36.8 Å². The van der Waals surface area contributed by atoms with Gasteiger partial charge in [-0.15, -0.1) is 0 Å². The van der Waals surface area contributed by atoms with E-state index in [1.165, 1.54) is 11.7 Å². The molecule has 126 valence electrons. The van der Waals surface area contributed by atoms with E-state index in [-0.39, 0.29) is 16.8 Å². The molecule has 0 saturated heterocycles. The Morgan fingerprint density at radius 1 is 1.46 bits per heavy atom. The molecule has 2 aromatic rings. The van der Waals surface area contributed by atoms with Gasteiger partial charge in [0.05, 0.1) is 17.9 Å². The highest BCUT2D eigenvalue weighted by atomic mass is 16.5. The van der Waals surface area contributed by atoms with Gasteiger partial charge in [0.25, 0.3) is 0 Å². The fraction of sp³-hybridized carbons (Fsp3) is 0.353. The number of aryl methyl sites for hydroxylation is 1. The number of nitriles is 1. The molecule has 0 radical (unpaired) electrons. The van der Waals surface area contributed by atoms with Crippen molar-refractivity contribution in [3.05, 3.63) is 29.5 Å². The fourth-order valence-corrected chi connectivity index (χ4v) is 2.19. The molecular weight excluding hydrogens is 308 g/mol. The summed E-state index contributed by atoms with van der Waals surface area (Å²) in [7, 11) is 1.51. The van der Waals surface area contributed by atoms with Crippen LogP contribution in [0.4, 0.5) is 5.69 Å². The van der Waals surface area contributed by atoms with Gasteiger partial charge in [-0.05, 0) is 23.6 Å². The van der Waals surface area contributed by atoms with Gasteiger partial charge in [-0.2, -0.15) is 10.4 Å². The van der Waals surface area contributed by atoms with Crippen LogP contribution in [-0.4, -0.2) is 27.5 Å². The maximum atomic E-state index is 11.2. The average Bonchev–Trinajstić information content (AvgIpc) is 2.79. The van der Waals surface area contributed by atoms with Crippen LogP contribution in [0.25, 0.3) is 11.3 Å². The number of carbonyl (C=O) groups is 1. The number of ether oxygens (including phenoxy) is 1. The topological polar surface area (TPSA) is 114 Å². The molecule has 0 spiro atoms. The second kappa shape index (κ2) is 6.24. The van der Waals surface area contributed by atoms with E-state index in [0.29, 0.717) is 29.2 Å². The van der Waals surface area contributed by atoms with E-state index >= 15 is 0 Å². The Hall–Kier alpha value is -3.01. The molecule has 7 nitrogen and oxygen atoms in total. The molecule has 1 aromatic carbocycles. The van der Waals surface area contributed by atoms with Crippen LogP contribution in [0.2, 0.25) is 0 Å². The van der Waals surface area contributed by atoms with Gasteiger partial charge in [0, 0.05) is 12.6 Å². The Balaban J connectivity index is 2.42. The zero-order valence-corrected chi connectivity index (χ0v) is 14.1. The van der Waals surface area contributed by atoms with E-state index < -0.39 is 5.97 Å². The minimum Gasteiger partial charge on any atom is -0.492 e. The maximum Gasteiger partial charge on any atom is 0.356 e. The summed E-state index contributed by atoms with van der Waals surface area (Å²) in [6.45, 7) is 6.58. The summed E-state index contributed by atoms with van der Waals surface area (Å²) in [5.74, 6) is -0.677. The molecule has 1 heterocycles. The summed E-state index contributed by atoms with van der Waals surface area (Å²) < 4.78 is 6.92. The minimum absolute atomic E-state index is 0.0345. The van der Waals surface area contributed by atoms with E-state index in [2.05, 4.69) is 11.2 Å². The molecule has 0 atom stereocenters. The van der Waals surface area contributed by atoms with E-state index in [1.807, 2.05) is 20.8 Å². The molecule has 0 fully saturated rings. The van der Waals surface area contributed by atoms with E-state index in [9.17, 15) is 15.2 Å². The first-order valence-corrected chi connectivity index (χ1v) is 7.37. The molecule has 0 aliphatic carbocycles. The van der Waals surface area contributed by atoms with Crippen molar-refractivity contribution < 1.29 is 14.6 Å². The lowest BCUT2D eigenvalue weighted by molar-refractivity contribution is 0.0686. The van der Waals surface area contributed by atoms with Crippen LogP contribution in [0.5, 0.6) is 5.75 Å². The van der Waals surface area contributed by atoms with Gasteiger partial charge >= 0.3 is 5.97 Å². The zero-order valence-electron chi connectivity index (χ0n) is 14.1. The first-order valence-electron chi connectivity index (χ1n) is 7.37. The second-order valence-corrected chi connectivity index (χ2v) is 6.71. The van der Waals surface area contributed by atoms with Gasteiger partial charge < -0.3 is 15.6 Å². The van der Waals surface area contributed by atoms with Gasteiger partial charge in [-0.3, -0.25) is 4.68 Å². The minimum atomic E-state index is -1.15. The van der Waals surface area contributed by atoms with Crippen LogP contribution >= 0.6 is 0 Å². The third-order valence-electron chi connectivity index (χ3n) is 3.32. The zero-order chi connectivity index (χ0) is 18.1. The SMILES string of the molecule is Cn1nc(-c2ccc(OCC(C)(C)C)c(C#N)c2)c(N)c1C(=O)O. The van der Waals surface area contributed by atoms with Crippen molar-refractivity contribution in [3.8, 4) is 23.1 Å². The van der Waals surface area contributed by atoms with Crippen LogP contribution in [0.3, 0.4) is 0 Å². The average molecular weight is 328 g/mol. The maximum absolute atomic E-state index is 11.2. The molecule has 0 aliphatic heterocycles. The Labute approximate surface area is 140 Å². The van der Waals surface area contributed by atoms with Crippen molar-refractivity contribution in [2.75, 3.05) is 12.3 Å². The fourth-order valence-electron chi connectivity index (χ4n) is 2.19. The first kappa shape index (κ1) is 17.3.